The normalized spacial score (nSPS) is 14.5. The fourth-order valence-corrected chi connectivity index (χ4v) is 4.40. The van der Waals surface area contributed by atoms with Crippen LogP contribution in [0.2, 0.25) is 5.02 Å². The number of nitrogens with two attached hydrogens (primary N) is 1. The van der Waals surface area contributed by atoms with Crippen molar-refractivity contribution in [2.45, 2.75) is 13.3 Å². The Morgan fingerprint density at radius 2 is 2.08 bits per heavy atom. The standard InChI is InChI=1S/C25H22ClFN8O/c1-2-20-17(5-3-15-4-6-21(28)29-11-15)24(31-13-30-20)16-9-18(26)23(19(27)10-16)25(36)34-7-8-35-14-32-33-22(35)12-34/h4,6,9-11,13,32H,2,7-8,12,14H2,1H3,(H2,28,29). The fraction of sp³-hybridized carbons (Fsp3) is 0.240. The number of anilines is 1. The molecule has 5 rings (SSSR count). The Morgan fingerprint density at radius 3 is 2.83 bits per heavy atom. The molecule has 0 spiro atoms. The number of carbonyl (C=O) groups is 1. The molecule has 11 heteroatoms. The van der Waals surface area contributed by atoms with Gasteiger partial charge in [-0.2, -0.15) is 5.10 Å². The van der Waals surface area contributed by atoms with Crippen LogP contribution in [0.4, 0.5) is 10.2 Å². The lowest BCUT2D eigenvalue weighted by Crippen LogP contribution is -2.51. The summed E-state index contributed by atoms with van der Waals surface area (Å²) in [6.45, 7) is 3.90. The van der Waals surface area contributed by atoms with Crippen LogP contribution in [-0.4, -0.2) is 62.8 Å². The number of rotatable bonds is 3. The first kappa shape index (κ1) is 23.5. The molecule has 0 bridgehead atoms. The third kappa shape index (κ3) is 4.53. The molecule has 0 radical (unpaired) electrons. The SMILES string of the molecule is CCc1ncnc(-c2cc(F)c(C(=O)N3CCN4CNN=C4C3)c(Cl)c2)c1C#Cc1ccc(N)nc1. The molecule has 1 fully saturated rings. The number of hydrogen-bond donors (Lipinski definition) is 2. The number of nitrogens with zero attached hydrogens (tertiary/aromatic N) is 6. The summed E-state index contributed by atoms with van der Waals surface area (Å²) in [6, 6.07) is 6.23. The molecule has 2 aliphatic heterocycles. The van der Waals surface area contributed by atoms with Crippen LogP contribution in [0.5, 0.6) is 0 Å². The van der Waals surface area contributed by atoms with Crippen LogP contribution < -0.4 is 11.2 Å². The van der Waals surface area contributed by atoms with Gasteiger partial charge >= 0.3 is 0 Å². The number of pyridine rings is 1. The summed E-state index contributed by atoms with van der Waals surface area (Å²) < 4.78 is 15.4. The zero-order valence-corrected chi connectivity index (χ0v) is 20.2. The second-order valence-electron chi connectivity index (χ2n) is 8.27. The van der Waals surface area contributed by atoms with Gasteiger partial charge in [-0.25, -0.2) is 19.3 Å². The highest BCUT2D eigenvalue weighted by molar-refractivity contribution is 6.34. The minimum atomic E-state index is -0.727. The van der Waals surface area contributed by atoms with Crippen molar-refractivity contribution in [3.8, 4) is 23.1 Å². The van der Waals surface area contributed by atoms with Gasteiger partial charge in [0.05, 0.1) is 34.1 Å². The Balaban J connectivity index is 1.50. The number of fused-ring (bicyclic) bond motifs is 1. The van der Waals surface area contributed by atoms with E-state index in [-0.39, 0.29) is 17.1 Å². The van der Waals surface area contributed by atoms with Gasteiger partial charge in [-0.3, -0.25) is 10.2 Å². The second-order valence-corrected chi connectivity index (χ2v) is 8.68. The Morgan fingerprint density at radius 1 is 1.22 bits per heavy atom. The van der Waals surface area contributed by atoms with E-state index in [1.54, 1.807) is 29.3 Å². The largest absolute Gasteiger partial charge is 0.384 e. The van der Waals surface area contributed by atoms with Gasteiger partial charge in [-0.1, -0.05) is 30.4 Å². The number of halogens is 2. The zero-order valence-electron chi connectivity index (χ0n) is 19.4. The third-order valence-electron chi connectivity index (χ3n) is 6.00. The molecule has 0 unspecified atom stereocenters. The number of amides is 1. The predicted octanol–water partition coefficient (Wildman–Crippen LogP) is 2.51. The number of piperazine rings is 1. The van der Waals surface area contributed by atoms with Crippen molar-refractivity contribution in [2.24, 2.45) is 5.10 Å². The number of hydrogen-bond acceptors (Lipinski definition) is 8. The predicted molar refractivity (Wildman–Crippen MR) is 134 cm³/mol. The molecule has 1 saturated heterocycles. The van der Waals surface area contributed by atoms with E-state index in [0.29, 0.717) is 60.1 Å². The van der Waals surface area contributed by atoms with Crippen molar-refractivity contribution < 1.29 is 9.18 Å². The van der Waals surface area contributed by atoms with Crippen molar-refractivity contribution in [1.82, 2.24) is 30.2 Å². The number of hydrazone groups is 1. The van der Waals surface area contributed by atoms with Crippen LogP contribution in [0.15, 0.2) is 41.9 Å². The lowest BCUT2D eigenvalue weighted by molar-refractivity contribution is 0.0744. The summed E-state index contributed by atoms with van der Waals surface area (Å²) in [4.78, 5) is 29.5. The van der Waals surface area contributed by atoms with Gasteiger partial charge in [0.2, 0.25) is 0 Å². The van der Waals surface area contributed by atoms with Crippen LogP contribution in [0.3, 0.4) is 0 Å². The Bertz CT molecular complexity index is 1410. The molecule has 0 atom stereocenters. The minimum Gasteiger partial charge on any atom is -0.384 e. The molecule has 1 aromatic carbocycles. The minimum absolute atomic E-state index is 0.00206. The summed E-state index contributed by atoms with van der Waals surface area (Å²) in [5, 5.41) is 4.19. The van der Waals surface area contributed by atoms with Crippen molar-refractivity contribution in [3.63, 3.8) is 0 Å². The topological polar surface area (TPSA) is 113 Å². The highest BCUT2D eigenvalue weighted by atomic mass is 35.5. The number of benzene rings is 1. The fourth-order valence-electron chi connectivity index (χ4n) is 4.11. The van der Waals surface area contributed by atoms with E-state index in [2.05, 4.69) is 37.3 Å². The molecular formula is C25H22ClFN8O. The maximum absolute atomic E-state index is 15.4. The zero-order chi connectivity index (χ0) is 25.2. The van der Waals surface area contributed by atoms with E-state index >= 15 is 4.39 Å². The summed E-state index contributed by atoms with van der Waals surface area (Å²) in [5.74, 6) is 6.07. The summed E-state index contributed by atoms with van der Waals surface area (Å²) in [7, 11) is 0. The number of nitrogens with one attached hydrogen (secondary N) is 1. The highest BCUT2D eigenvalue weighted by Crippen LogP contribution is 2.31. The number of aryl methyl sites for hydroxylation is 1. The van der Waals surface area contributed by atoms with Crippen LogP contribution >= 0.6 is 11.6 Å². The van der Waals surface area contributed by atoms with Crippen LogP contribution in [0, 0.1) is 17.7 Å². The molecule has 9 nitrogen and oxygen atoms in total. The monoisotopic (exact) mass is 504 g/mol. The van der Waals surface area contributed by atoms with Crippen molar-refractivity contribution >= 4 is 29.2 Å². The summed E-state index contributed by atoms with van der Waals surface area (Å²) in [6.07, 6.45) is 3.57. The molecule has 1 amide bonds. The van der Waals surface area contributed by atoms with E-state index in [9.17, 15) is 4.79 Å². The first-order valence-electron chi connectivity index (χ1n) is 11.3. The first-order valence-corrected chi connectivity index (χ1v) is 11.7. The van der Waals surface area contributed by atoms with Crippen LogP contribution in [0.1, 0.15) is 34.1 Å². The molecule has 36 heavy (non-hydrogen) atoms. The lowest BCUT2D eigenvalue weighted by atomic mass is 10.0. The molecule has 0 aliphatic carbocycles. The van der Waals surface area contributed by atoms with Crippen LogP contribution in [-0.2, 0) is 6.42 Å². The maximum atomic E-state index is 15.4. The number of aromatic nitrogens is 3. The second kappa shape index (κ2) is 9.79. The van der Waals surface area contributed by atoms with Gasteiger partial charge in [-0.05, 0) is 30.7 Å². The Hall–Kier alpha value is -4.23. The highest BCUT2D eigenvalue weighted by Gasteiger charge is 2.31. The Labute approximate surface area is 212 Å². The first-order chi connectivity index (χ1) is 17.4. The van der Waals surface area contributed by atoms with Crippen molar-refractivity contribution in [2.75, 3.05) is 32.0 Å². The number of carbonyl (C=O) groups excluding carboxylic acids is 1. The molecule has 3 N–H and O–H groups in total. The Kier molecular flexibility index (Phi) is 6.40. The maximum Gasteiger partial charge on any atom is 0.258 e. The third-order valence-corrected chi connectivity index (χ3v) is 6.30. The molecule has 2 aliphatic rings. The summed E-state index contributed by atoms with van der Waals surface area (Å²) in [5.41, 5.74) is 11.1. The quantitative estimate of drug-likeness (QED) is 0.527. The smallest absolute Gasteiger partial charge is 0.258 e. The van der Waals surface area contributed by atoms with Gasteiger partial charge in [0.25, 0.3) is 5.91 Å². The number of nitrogen functional groups attached to an aromatic ring is 1. The van der Waals surface area contributed by atoms with Gasteiger partial charge in [-0.15, -0.1) is 0 Å². The van der Waals surface area contributed by atoms with E-state index in [1.807, 2.05) is 11.8 Å². The lowest BCUT2D eigenvalue weighted by Gasteiger charge is -2.33. The molecule has 4 heterocycles. The summed E-state index contributed by atoms with van der Waals surface area (Å²) >= 11 is 6.48. The van der Waals surface area contributed by atoms with E-state index < -0.39 is 11.7 Å². The van der Waals surface area contributed by atoms with E-state index in [1.165, 1.54) is 12.4 Å². The van der Waals surface area contributed by atoms with E-state index in [4.69, 9.17) is 17.3 Å². The average Bonchev–Trinajstić information content (AvgIpc) is 3.35. The molecular weight excluding hydrogens is 483 g/mol. The molecule has 182 valence electrons. The molecule has 0 saturated carbocycles. The molecule has 2 aromatic heterocycles. The van der Waals surface area contributed by atoms with Gasteiger partial charge < -0.3 is 15.5 Å². The van der Waals surface area contributed by atoms with E-state index in [0.717, 1.165) is 5.84 Å². The van der Waals surface area contributed by atoms with Gasteiger partial charge in [0.15, 0.2) is 0 Å². The van der Waals surface area contributed by atoms with Gasteiger partial charge in [0, 0.05) is 30.4 Å². The van der Waals surface area contributed by atoms with Crippen molar-refractivity contribution in [1.29, 1.82) is 0 Å². The van der Waals surface area contributed by atoms with Gasteiger partial charge in [0.1, 0.15) is 30.5 Å². The average molecular weight is 505 g/mol. The number of amidine groups is 1. The molecule has 3 aromatic rings. The van der Waals surface area contributed by atoms with Crippen molar-refractivity contribution in [3.05, 3.63) is 70.0 Å². The van der Waals surface area contributed by atoms with Crippen LogP contribution in [0.25, 0.3) is 11.3 Å².